The van der Waals surface area contributed by atoms with E-state index >= 15 is 0 Å². The van der Waals surface area contributed by atoms with Gasteiger partial charge in [-0.3, -0.25) is 10.1 Å². The van der Waals surface area contributed by atoms with Crippen LogP contribution in [-0.4, -0.2) is 16.5 Å². The van der Waals surface area contributed by atoms with E-state index in [1.807, 2.05) is 0 Å². The quantitative estimate of drug-likeness (QED) is 0.555. The third-order valence-corrected chi connectivity index (χ3v) is 2.64. The van der Waals surface area contributed by atoms with E-state index in [9.17, 15) is 20.0 Å². The Bertz CT molecular complexity index is 476. The molecule has 0 saturated heterocycles. The van der Waals surface area contributed by atoms with Gasteiger partial charge in [0.05, 0.1) is 10.9 Å². The molecule has 6 heteroatoms. The van der Waals surface area contributed by atoms with Gasteiger partial charge in [-0.25, -0.2) is 0 Å². The third kappa shape index (κ3) is 1.82. The number of hydrogen-bond acceptors (Lipinski definition) is 5. The SMILES string of the molecule is CC1(C)Cc2c(C(=O)[O-])ccc([N+](=O)[O-])c2O1. The van der Waals surface area contributed by atoms with Crippen LogP contribution >= 0.6 is 0 Å². The lowest BCUT2D eigenvalue weighted by molar-refractivity contribution is -0.386. The maximum Gasteiger partial charge on any atom is 0.311 e. The first kappa shape index (κ1) is 11.4. The topological polar surface area (TPSA) is 92.5 Å². The molecule has 0 atom stereocenters. The molecule has 1 heterocycles. The molecule has 0 aliphatic carbocycles. The predicted octanol–water partition coefficient (Wildman–Crippen LogP) is 0.672. The number of nitro benzene ring substituents is 1. The first-order valence-corrected chi connectivity index (χ1v) is 5.02. The standard InChI is InChI=1S/C11H11NO5/c1-11(2)5-7-6(10(13)14)3-4-8(12(15)16)9(7)17-11/h3-4H,5H2,1-2H3,(H,13,14)/p-1. The van der Waals surface area contributed by atoms with Crippen LogP contribution in [0, 0.1) is 10.1 Å². The fraction of sp³-hybridized carbons (Fsp3) is 0.364. The normalized spacial score (nSPS) is 16.1. The second-order valence-electron chi connectivity index (χ2n) is 4.52. The van der Waals surface area contributed by atoms with E-state index in [4.69, 9.17) is 4.74 Å². The van der Waals surface area contributed by atoms with Crippen molar-refractivity contribution < 1.29 is 19.6 Å². The zero-order valence-electron chi connectivity index (χ0n) is 9.35. The number of fused-ring (bicyclic) bond motifs is 1. The highest BCUT2D eigenvalue weighted by Crippen LogP contribution is 2.43. The van der Waals surface area contributed by atoms with Crippen molar-refractivity contribution in [3.8, 4) is 5.75 Å². The van der Waals surface area contributed by atoms with E-state index in [-0.39, 0.29) is 17.0 Å². The van der Waals surface area contributed by atoms with Crippen LogP contribution in [0.5, 0.6) is 5.75 Å². The Kier molecular flexibility index (Phi) is 2.30. The second-order valence-corrected chi connectivity index (χ2v) is 4.52. The number of nitro groups is 1. The summed E-state index contributed by atoms with van der Waals surface area (Å²) in [6.45, 7) is 3.49. The van der Waals surface area contributed by atoms with Gasteiger partial charge in [0.2, 0.25) is 5.75 Å². The fourth-order valence-electron chi connectivity index (χ4n) is 1.98. The van der Waals surface area contributed by atoms with E-state index in [0.717, 1.165) is 6.07 Å². The molecule has 0 radical (unpaired) electrons. The maximum atomic E-state index is 10.9. The Morgan fingerprint density at radius 3 is 2.65 bits per heavy atom. The lowest BCUT2D eigenvalue weighted by Crippen LogP contribution is -2.26. The van der Waals surface area contributed by atoms with Crippen LogP contribution in [0.1, 0.15) is 29.8 Å². The number of carbonyl (C=O) groups is 1. The van der Waals surface area contributed by atoms with Gasteiger partial charge in [0, 0.05) is 23.6 Å². The van der Waals surface area contributed by atoms with Crippen molar-refractivity contribution in [1.82, 2.24) is 0 Å². The van der Waals surface area contributed by atoms with Gasteiger partial charge in [-0.15, -0.1) is 0 Å². The van der Waals surface area contributed by atoms with Gasteiger partial charge in [0.25, 0.3) is 0 Å². The molecule has 0 spiro atoms. The molecule has 0 fully saturated rings. The van der Waals surface area contributed by atoms with Crippen LogP contribution < -0.4 is 9.84 Å². The van der Waals surface area contributed by atoms with Crippen molar-refractivity contribution in [2.75, 3.05) is 0 Å². The summed E-state index contributed by atoms with van der Waals surface area (Å²) >= 11 is 0. The summed E-state index contributed by atoms with van der Waals surface area (Å²) in [5, 5.41) is 21.7. The summed E-state index contributed by atoms with van der Waals surface area (Å²) in [6, 6.07) is 2.32. The van der Waals surface area contributed by atoms with Gasteiger partial charge >= 0.3 is 5.69 Å². The molecule has 0 aromatic heterocycles. The van der Waals surface area contributed by atoms with Crippen molar-refractivity contribution in [2.24, 2.45) is 0 Å². The average molecular weight is 236 g/mol. The van der Waals surface area contributed by atoms with Gasteiger partial charge in [0.1, 0.15) is 5.60 Å². The molecule has 0 amide bonds. The molecule has 1 aliphatic rings. The van der Waals surface area contributed by atoms with Gasteiger partial charge in [-0.2, -0.15) is 0 Å². The van der Waals surface area contributed by atoms with Crippen LogP contribution in [0.15, 0.2) is 12.1 Å². The van der Waals surface area contributed by atoms with E-state index < -0.39 is 16.5 Å². The van der Waals surface area contributed by atoms with Crippen molar-refractivity contribution in [1.29, 1.82) is 0 Å². The van der Waals surface area contributed by atoms with E-state index in [2.05, 4.69) is 0 Å². The summed E-state index contributed by atoms with van der Waals surface area (Å²) in [4.78, 5) is 21.1. The van der Waals surface area contributed by atoms with Gasteiger partial charge in [0.15, 0.2) is 0 Å². The predicted molar refractivity (Wildman–Crippen MR) is 55.8 cm³/mol. The number of nitrogens with zero attached hydrogens (tertiary/aromatic N) is 1. The molecule has 1 aromatic carbocycles. The first-order chi connectivity index (χ1) is 7.82. The van der Waals surface area contributed by atoms with E-state index in [0.29, 0.717) is 12.0 Å². The third-order valence-electron chi connectivity index (χ3n) is 2.64. The summed E-state index contributed by atoms with van der Waals surface area (Å²) in [5.74, 6) is -1.31. The van der Waals surface area contributed by atoms with Crippen molar-refractivity contribution >= 4 is 11.7 Å². The Morgan fingerprint density at radius 1 is 1.47 bits per heavy atom. The smallest absolute Gasteiger partial charge is 0.311 e. The minimum atomic E-state index is -1.35. The number of carboxylic acid groups (broad SMARTS) is 1. The van der Waals surface area contributed by atoms with E-state index in [1.54, 1.807) is 13.8 Å². The number of benzene rings is 1. The molecular weight excluding hydrogens is 226 g/mol. The van der Waals surface area contributed by atoms with Crippen LogP contribution in [0.2, 0.25) is 0 Å². The van der Waals surface area contributed by atoms with Gasteiger partial charge in [-0.1, -0.05) is 0 Å². The highest BCUT2D eigenvalue weighted by molar-refractivity contribution is 5.90. The Labute approximate surface area is 97.0 Å². The molecule has 90 valence electrons. The highest BCUT2D eigenvalue weighted by Gasteiger charge is 2.37. The van der Waals surface area contributed by atoms with Crippen molar-refractivity contribution in [3.05, 3.63) is 33.4 Å². The molecule has 2 rings (SSSR count). The molecule has 17 heavy (non-hydrogen) atoms. The summed E-state index contributed by atoms with van der Waals surface area (Å²) in [5.41, 5.74) is -0.561. The average Bonchev–Trinajstić information content (AvgIpc) is 2.49. The minimum absolute atomic E-state index is 0.0432. The van der Waals surface area contributed by atoms with Crippen LogP contribution in [0.4, 0.5) is 5.69 Å². The van der Waals surface area contributed by atoms with Crippen molar-refractivity contribution in [3.63, 3.8) is 0 Å². The lowest BCUT2D eigenvalue weighted by atomic mass is 9.97. The molecule has 0 bridgehead atoms. The number of rotatable bonds is 2. The van der Waals surface area contributed by atoms with Crippen molar-refractivity contribution in [2.45, 2.75) is 25.9 Å². The second kappa shape index (κ2) is 3.44. The Morgan fingerprint density at radius 2 is 2.12 bits per heavy atom. The number of hydrogen-bond donors (Lipinski definition) is 0. The molecule has 6 nitrogen and oxygen atoms in total. The maximum absolute atomic E-state index is 10.9. The summed E-state index contributed by atoms with van der Waals surface area (Å²) < 4.78 is 5.44. The molecule has 0 saturated carbocycles. The van der Waals surface area contributed by atoms with E-state index in [1.165, 1.54) is 6.07 Å². The molecular formula is C11H10NO5-. The number of carboxylic acids is 1. The molecule has 0 N–H and O–H groups in total. The van der Waals surface area contributed by atoms with Gasteiger partial charge < -0.3 is 14.6 Å². The monoisotopic (exact) mass is 236 g/mol. The zero-order valence-corrected chi connectivity index (χ0v) is 9.35. The molecule has 0 unspecified atom stereocenters. The minimum Gasteiger partial charge on any atom is -0.545 e. The summed E-state index contributed by atoms with van der Waals surface area (Å²) in [7, 11) is 0. The largest absolute Gasteiger partial charge is 0.545 e. The number of aromatic carboxylic acids is 1. The molecule has 1 aliphatic heterocycles. The van der Waals surface area contributed by atoms with Crippen LogP contribution in [-0.2, 0) is 6.42 Å². The molecule has 1 aromatic rings. The number of ether oxygens (including phenoxy) is 1. The lowest BCUT2D eigenvalue weighted by Gasteiger charge is -2.16. The van der Waals surface area contributed by atoms with Crippen LogP contribution in [0.25, 0.3) is 0 Å². The Balaban J connectivity index is 2.65. The van der Waals surface area contributed by atoms with Crippen LogP contribution in [0.3, 0.4) is 0 Å². The first-order valence-electron chi connectivity index (χ1n) is 5.02. The highest BCUT2D eigenvalue weighted by atomic mass is 16.6. The number of carbonyl (C=O) groups excluding carboxylic acids is 1. The Hall–Kier alpha value is -2.11. The fourth-order valence-corrected chi connectivity index (χ4v) is 1.98. The summed E-state index contributed by atoms with van der Waals surface area (Å²) in [6.07, 6.45) is 0.313. The zero-order chi connectivity index (χ0) is 12.8. The van der Waals surface area contributed by atoms with Gasteiger partial charge in [-0.05, 0) is 19.9 Å².